The van der Waals surface area contributed by atoms with E-state index in [0.717, 1.165) is 12.8 Å². The largest absolute Gasteiger partial charge is 0.463 e. The minimum absolute atomic E-state index is 0.00367. The number of benzene rings is 2. The van der Waals surface area contributed by atoms with Crippen molar-refractivity contribution in [3.63, 3.8) is 0 Å². The minimum Gasteiger partial charge on any atom is -0.463 e. The second-order valence-electron chi connectivity index (χ2n) is 5.69. The van der Waals surface area contributed by atoms with E-state index in [1.165, 1.54) is 6.26 Å². The summed E-state index contributed by atoms with van der Waals surface area (Å²) >= 11 is 0. The van der Waals surface area contributed by atoms with Crippen LogP contribution in [0.15, 0.2) is 64.0 Å². The molecule has 0 N–H and O–H groups in total. The van der Waals surface area contributed by atoms with Gasteiger partial charge in [-0.05, 0) is 37.1 Å². The zero-order valence-corrected chi connectivity index (χ0v) is 12.3. The van der Waals surface area contributed by atoms with Crippen LogP contribution in [0.4, 0.5) is 0 Å². The molecular weight excluding hydrogens is 292 g/mol. The first kappa shape index (κ1) is 13.8. The van der Waals surface area contributed by atoms with Crippen LogP contribution in [0, 0.1) is 5.92 Å². The van der Waals surface area contributed by atoms with Gasteiger partial charge in [0.25, 0.3) is 0 Å². The second kappa shape index (κ2) is 5.39. The molecule has 1 fully saturated rings. The second-order valence-corrected chi connectivity index (χ2v) is 5.69. The lowest BCUT2D eigenvalue weighted by atomic mass is 10.1. The van der Waals surface area contributed by atoms with Crippen LogP contribution in [0.25, 0.3) is 11.0 Å². The molecule has 0 atom stereocenters. The van der Waals surface area contributed by atoms with Gasteiger partial charge in [-0.3, -0.25) is 9.59 Å². The maximum Gasteiger partial charge on any atom is 0.203 e. The summed E-state index contributed by atoms with van der Waals surface area (Å²) in [5.41, 5.74) is 0.293. The fraction of sp³-hybridized carbons (Fsp3) is 0.158. The minimum atomic E-state index is -0.269. The maximum absolute atomic E-state index is 12.5. The van der Waals surface area contributed by atoms with Crippen molar-refractivity contribution < 1.29 is 13.9 Å². The van der Waals surface area contributed by atoms with Gasteiger partial charge in [0.05, 0.1) is 5.39 Å². The Bertz CT molecular complexity index is 936. The summed E-state index contributed by atoms with van der Waals surface area (Å²) in [6.45, 7) is 0. The molecule has 4 rings (SSSR count). The fourth-order valence-electron chi connectivity index (χ4n) is 2.53. The van der Waals surface area contributed by atoms with E-state index in [-0.39, 0.29) is 22.7 Å². The van der Waals surface area contributed by atoms with Gasteiger partial charge in [0.2, 0.25) is 5.43 Å². The van der Waals surface area contributed by atoms with Gasteiger partial charge in [0, 0.05) is 12.0 Å². The Hall–Kier alpha value is -2.88. The van der Waals surface area contributed by atoms with E-state index >= 15 is 0 Å². The SMILES string of the molecule is O=C(c1coc2cc(Oc3ccccc3)ccc2c1=O)C1CC1. The van der Waals surface area contributed by atoms with E-state index in [9.17, 15) is 9.59 Å². The van der Waals surface area contributed by atoms with Gasteiger partial charge in [0.15, 0.2) is 5.78 Å². The molecule has 1 aliphatic carbocycles. The molecule has 114 valence electrons. The number of hydrogen-bond acceptors (Lipinski definition) is 4. The molecule has 0 unspecified atom stereocenters. The molecule has 0 amide bonds. The topological polar surface area (TPSA) is 56.5 Å². The summed E-state index contributed by atoms with van der Waals surface area (Å²) in [4.78, 5) is 24.5. The molecule has 3 aromatic rings. The number of ketones is 1. The average molecular weight is 306 g/mol. The summed E-state index contributed by atoms with van der Waals surface area (Å²) in [6, 6.07) is 14.4. The standard InChI is InChI=1S/C19H14O4/c20-18(12-6-7-12)16-11-22-17-10-14(8-9-15(17)19(16)21)23-13-4-2-1-3-5-13/h1-5,8-12H,6-7H2. The lowest BCUT2D eigenvalue weighted by molar-refractivity contribution is 0.0965. The van der Waals surface area contributed by atoms with E-state index in [1.54, 1.807) is 18.2 Å². The molecule has 4 heteroatoms. The molecule has 23 heavy (non-hydrogen) atoms. The molecule has 0 aliphatic heterocycles. The van der Waals surface area contributed by atoms with Crippen LogP contribution in [0.3, 0.4) is 0 Å². The molecule has 0 spiro atoms. The van der Waals surface area contributed by atoms with Gasteiger partial charge in [-0.1, -0.05) is 18.2 Å². The summed E-state index contributed by atoms with van der Waals surface area (Å²) in [7, 11) is 0. The third-order valence-electron chi connectivity index (χ3n) is 3.94. The highest BCUT2D eigenvalue weighted by Gasteiger charge is 2.32. The summed E-state index contributed by atoms with van der Waals surface area (Å²) in [5.74, 6) is 1.17. The van der Waals surface area contributed by atoms with Crippen molar-refractivity contribution in [3.05, 3.63) is 70.6 Å². The Kier molecular flexibility index (Phi) is 3.23. The van der Waals surface area contributed by atoms with E-state index in [0.29, 0.717) is 22.5 Å². The number of rotatable bonds is 4. The average Bonchev–Trinajstić information content (AvgIpc) is 3.40. The van der Waals surface area contributed by atoms with Crippen LogP contribution in [0.1, 0.15) is 23.2 Å². The smallest absolute Gasteiger partial charge is 0.203 e. The summed E-state index contributed by atoms with van der Waals surface area (Å²) in [5, 5.41) is 0.400. The van der Waals surface area contributed by atoms with E-state index in [1.807, 2.05) is 30.3 Å². The van der Waals surface area contributed by atoms with Crippen LogP contribution in [0.2, 0.25) is 0 Å². The fourth-order valence-corrected chi connectivity index (χ4v) is 2.53. The molecule has 0 bridgehead atoms. The molecule has 2 aromatic carbocycles. The number of hydrogen-bond donors (Lipinski definition) is 0. The van der Waals surface area contributed by atoms with Crippen LogP contribution in [0.5, 0.6) is 11.5 Å². The normalized spacial score (nSPS) is 13.9. The van der Waals surface area contributed by atoms with Crippen molar-refractivity contribution in [2.75, 3.05) is 0 Å². The molecular formula is C19H14O4. The van der Waals surface area contributed by atoms with Crippen molar-refractivity contribution in [1.82, 2.24) is 0 Å². The molecule has 1 saturated carbocycles. The van der Waals surface area contributed by atoms with Gasteiger partial charge in [-0.15, -0.1) is 0 Å². The molecule has 0 radical (unpaired) electrons. The van der Waals surface area contributed by atoms with Crippen LogP contribution >= 0.6 is 0 Å². The Balaban J connectivity index is 1.71. The highest BCUT2D eigenvalue weighted by atomic mass is 16.5. The predicted octanol–water partition coefficient (Wildman–Crippen LogP) is 4.18. The first-order valence-electron chi connectivity index (χ1n) is 7.55. The van der Waals surface area contributed by atoms with Crippen molar-refractivity contribution in [2.24, 2.45) is 5.92 Å². The molecule has 1 heterocycles. The van der Waals surface area contributed by atoms with E-state index in [2.05, 4.69) is 0 Å². The third kappa shape index (κ3) is 2.63. The highest BCUT2D eigenvalue weighted by molar-refractivity contribution is 6.00. The zero-order chi connectivity index (χ0) is 15.8. The monoisotopic (exact) mass is 306 g/mol. The molecule has 1 aliphatic rings. The number of ether oxygens (including phenoxy) is 1. The number of para-hydroxylation sites is 1. The van der Waals surface area contributed by atoms with Crippen molar-refractivity contribution in [3.8, 4) is 11.5 Å². The van der Waals surface area contributed by atoms with E-state index < -0.39 is 0 Å². The summed E-state index contributed by atoms with van der Waals surface area (Å²) < 4.78 is 11.2. The molecule has 1 aromatic heterocycles. The number of Topliss-reactive ketones (excluding diaryl/α,β-unsaturated/α-hetero) is 1. The van der Waals surface area contributed by atoms with Crippen molar-refractivity contribution in [2.45, 2.75) is 12.8 Å². The first-order chi connectivity index (χ1) is 11.2. The number of carbonyl (C=O) groups excluding carboxylic acids is 1. The lowest BCUT2D eigenvalue weighted by Gasteiger charge is -2.06. The van der Waals surface area contributed by atoms with Gasteiger partial charge < -0.3 is 9.15 Å². The third-order valence-corrected chi connectivity index (χ3v) is 3.94. The Morgan fingerprint density at radius 2 is 1.83 bits per heavy atom. The summed E-state index contributed by atoms with van der Waals surface area (Å²) in [6.07, 6.45) is 3.00. The molecule has 0 saturated heterocycles. The van der Waals surface area contributed by atoms with Crippen LogP contribution in [-0.4, -0.2) is 5.78 Å². The van der Waals surface area contributed by atoms with Gasteiger partial charge in [-0.2, -0.15) is 0 Å². The van der Waals surface area contributed by atoms with Crippen LogP contribution < -0.4 is 10.2 Å². The number of carbonyl (C=O) groups is 1. The molecule has 4 nitrogen and oxygen atoms in total. The Morgan fingerprint density at radius 3 is 2.57 bits per heavy atom. The lowest BCUT2D eigenvalue weighted by Crippen LogP contribution is -2.16. The predicted molar refractivity (Wildman–Crippen MR) is 86.1 cm³/mol. The van der Waals surface area contributed by atoms with Gasteiger partial charge in [-0.25, -0.2) is 0 Å². The zero-order valence-electron chi connectivity index (χ0n) is 12.3. The van der Waals surface area contributed by atoms with Crippen molar-refractivity contribution in [1.29, 1.82) is 0 Å². The maximum atomic E-state index is 12.5. The van der Waals surface area contributed by atoms with Crippen molar-refractivity contribution >= 4 is 16.8 Å². The van der Waals surface area contributed by atoms with E-state index in [4.69, 9.17) is 9.15 Å². The Labute approximate surface area is 132 Å². The number of fused-ring (bicyclic) bond motifs is 1. The first-order valence-corrected chi connectivity index (χ1v) is 7.55. The quantitative estimate of drug-likeness (QED) is 0.679. The van der Waals surface area contributed by atoms with Crippen LogP contribution in [-0.2, 0) is 0 Å². The Morgan fingerprint density at radius 1 is 1.04 bits per heavy atom. The highest BCUT2D eigenvalue weighted by Crippen LogP contribution is 2.32. The van der Waals surface area contributed by atoms with Gasteiger partial charge in [0.1, 0.15) is 28.9 Å². The van der Waals surface area contributed by atoms with Gasteiger partial charge >= 0.3 is 0 Å².